The van der Waals surface area contributed by atoms with Gasteiger partial charge in [-0.25, -0.2) is 4.98 Å². The molecule has 1 aromatic heterocycles. The van der Waals surface area contributed by atoms with Gasteiger partial charge in [0, 0.05) is 32.7 Å². The van der Waals surface area contributed by atoms with Gasteiger partial charge in [0.2, 0.25) is 0 Å². The maximum Gasteiger partial charge on any atom is 0.129 e. The van der Waals surface area contributed by atoms with Crippen LogP contribution in [0.25, 0.3) is 33.3 Å². The predicted octanol–water partition coefficient (Wildman–Crippen LogP) is 6.12. The van der Waals surface area contributed by atoms with Crippen LogP contribution in [-0.4, -0.2) is 12.1 Å². The molecule has 5 rings (SSSR count). The number of pyridine rings is 1. The summed E-state index contributed by atoms with van der Waals surface area (Å²) in [5.74, 6) is 1.67. The maximum atomic E-state index is 6.33. The Hall–Kier alpha value is -3.04. The second kappa shape index (κ2) is 6.29. The molecule has 0 unspecified atom stereocenters. The van der Waals surface area contributed by atoms with Crippen LogP contribution >= 0.6 is 11.6 Å². The minimum atomic E-state index is 0.454. The fourth-order valence-corrected chi connectivity index (χ4v) is 3.91. The van der Waals surface area contributed by atoms with Crippen molar-refractivity contribution in [3.8, 4) is 33.9 Å². The van der Waals surface area contributed by atoms with E-state index in [0.29, 0.717) is 11.6 Å². The predicted molar refractivity (Wildman–Crippen MR) is 109 cm³/mol. The molecule has 0 saturated heterocycles. The molecule has 0 amide bonds. The number of para-hydroxylation sites is 2. The van der Waals surface area contributed by atoms with Gasteiger partial charge in [-0.2, -0.15) is 0 Å². The molecular formula is C23H16ClNO2. The van der Waals surface area contributed by atoms with Crippen molar-refractivity contribution in [3.05, 3.63) is 77.3 Å². The first kappa shape index (κ1) is 16.2. The van der Waals surface area contributed by atoms with E-state index in [-0.39, 0.29) is 0 Å². The topological polar surface area (TPSA) is 31.4 Å². The van der Waals surface area contributed by atoms with E-state index in [4.69, 9.17) is 26.1 Å². The zero-order valence-electron chi connectivity index (χ0n) is 14.7. The highest BCUT2D eigenvalue weighted by Gasteiger charge is 2.25. The number of nitrogens with zero attached hydrogens (tertiary/aromatic N) is 1. The van der Waals surface area contributed by atoms with E-state index in [1.54, 1.807) is 7.11 Å². The van der Waals surface area contributed by atoms with E-state index < -0.39 is 0 Å². The van der Waals surface area contributed by atoms with Crippen LogP contribution in [0, 0.1) is 0 Å². The number of halogens is 1. The highest BCUT2D eigenvalue weighted by atomic mass is 35.5. The van der Waals surface area contributed by atoms with Crippen LogP contribution in [0.5, 0.6) is 11.5 Å². The first-order valence-electron chi connectivity index (χ1n) is 8.74. The molecule has 0 atom stereocenters. The van der Waals surface area contributed by atoms with E-state index in [0.717, 1.165) is 50.3 Å². The monoisotopic (exact) mass is 373 g/mol. The van der Waals surface area contributed by atoms with Gasteiger partial charge in [-0.05, 0) is 36.4 Å². The SMILES string of the molecule is COc1ccccc1-c1c2c(nc3ccc(Cl)cc13)-c1ccccc1OC2. The summed E-state index contributed by atoms with van der Waals surface area (Å²) in [6.07, 6.45) is 0. The van der Waals surface area contributed by atoms with Crippen molar-refractivity contribution in [2.45, 2.75) is 6.61 Å². The van der Waals surface area contributed by atoms with Gasteiger partial charge < -0.3 is 9.47 Å². The molecule has 0 bridgehead atoms. The maximum absolute atomic E-state index is 6.33. The van der Waals surface area contributed by atoms with Crippen LogP contribution in [0.1, 0.15) is 5.56 Å². The number of hydrogen-bond acceptors (Lipinski definition) is 3. The van der Waals surface area contributed by atoms with Crippen molar-refractivity contribution in [3.63, 3.8) is 0 Å². The summed E-state index contributed by atoms with van der Waals surface area (Å²) in [4.78, 5) is 4.96. The summed E-state index contributed by atoms with van der Waals surface area (Å²) in [5, 5.41) is 1.67. The molecule has 0 aliphatic carbocycles. The Kier molecular flexibility index (Phi) is 3.76. The molecule has 0 spiro atoms. The van der Waals surface area contributed by atoms with Crippen LogP contribution in [0.15, 0.2) is 66.7 Å². The molecule has 0 N–H and O–H groups in total. The number of aromatic nitrogens is 1. The summed E-state index contributed by atoms with van der Waals surface area (Å²) in [7, 11) is 1.69. The minimum Gasteiger partial charge on any atom is -0.496 e. The Morgan fingerprint density at radius 3 is 2.59 bits per heavy atom. The van der Waals surface area contributed by atoms with Crippen molar-refractivity contribution in [1.82, 2.24) is 4.98 Å². The second-order valence-corrected chi connectivity index (χ2v) is 6.90. The van der Waals surface area contributed by atoms with Gasteiger partial charge in [0.1, 0.15) is 18.1 Å². The molecule has 4 aromatic rings. The molecule has 3 aromatic carbocycles. The van der Waals surface area contributed by atoms with Crippen molar-refractivity contribution in [2.75, 3.05) is 7.11 Å². The van der Waals surface area contributed by atoms with Gasteiger partial charge in [-0.15, -0.1) is 0 Å². The fourth-order valence-electron chi connectivity index (χ4n) is 3.74. The van der Waals surface area contributed by atoms with Gasteiger partial charge in [0.15, 0.2) is 0 Å². The molecule has 3 nitrogen and oxygen atoms in total. The summed E-state index contributed by atoms with van der Waals surface area (Å²) >= 11 is 6.33. The Balaban J connectivity index is 1.93. The van der Waals surface area contributed by atoms with Crippen molar-refractivity contribution < 1.29 is 9.47 Å². The lowest BCUT2D eigenvalue weighted by atomic mass is 9.90. The highest BCUT2D eigenvalue weighted by molar-refractivity contribution is 6.31. The summed E-state index contributed by atoms with van der Waals surface area (Å²) in [5.41, 5.74) is 5.97. The van der Waals surface area contributed by atoms with E-state index in [9.17, 15) is 0 Å². The number of fused-ring (bicyclic) bond motifs is 4. The number of benzene rings is 3. The first-order chi connectivity index (χ1) is 13.3. The molecule has 0 saturated carbocycles. The third-order valence-corrected chi connectivity index (χ3v) is 5.17. The molecular weight excluding hydrogens is 358 g/mol. The quantitative estimate of drug-likeness (QED) is 0.424. The normalized spacial score (nSPS) is 12.2. The molecule has 0 fully saturated rings. The number of hydrogen-bond donors (Lipinski definition) is 0. The molecule has 132 valence electrons. The lowest BCUT2D eigenvalue weighted by Gasteiger charge is -2.24. The standard InChI is InChI=1S/C23H16ClNO2/c1-26-20-8-4-2-6-15(20)22-17-12-14(24)10-11-19(17)25-23-16-7-3-5-9-21(16)27-13-18(22)23/h2-12H,13H2,1H3. The van der Waals surface area contributed by atoms with Gasteiger partial charge >= 0.3 is 0 Å². The zero-order valence-corrected chi connectivity index (χ0v) is 15.5. The van der Waals surface area contributed by atoms with E-state index in [1.165, 1.54) is 0 Å². The molecule has 1 aliphatic rings. The van der Waals surface area contributed by atoms with E-state index in [1.807, 2.05) is 60.7 Å². The average molecular weight is 374 g/mol. The van der Waals surface area contributed by atoms with Crippen LogP contribution < -0.4 is 9.47 Å². The smallest absolute Gasteiger partial charge is 0.129 e. The number of methoxy groups -OCH3 is 1. The first-order valence-corrected chi connectivity index (χ1v) is 9.12. The zero-order chi connectivity index (χ0) is 18.4. The molecule has 0 radical (unpaired) electrons. The lowest BCUT2D eigenvalue weighted by molar-refractivity contribution is 0.302. The Morgan fingerprint density at radius 2 is 1.74 bits per heavy atom. The molecule has 1 aliphatic heterocycles. The van der Waals surface area contributed by atoms with Crippen LogP contribution in [0.2, 0.25) is 5.02 Å². The van der Waals surface area contributed by atoms with Gasteiger partial charge in [-0.1, -0.05) is 41.9 Å². The molecule has 27 heavy (non-hydrogen) atoms. The number of ether oxygens (including phenoxy) is 2. The summed E-state index contributed by atoms with van der Waals surface area (Å²) < 4.78 is 11.7. The molecule has 4 heteroatoms. The second-order valence-electron chi connectivity index (χ2n) is 6.46. The van der Waals surface area contributed by atoms with Crippen LogP contribution in [0.4, 0.5) is 0 Å². The third-order valence-electron chi connectivity index (χ3n) is 4.94. The van der Waals surface area contributed by atoms with Crippen molar-refractivity contribution in [2.24, 2.45) is 0 Å². The van der Waals surface area contributed by atoms with Crippen molar-refractivity contribution >= 4 is 22.5 Å². The minimum absolute atomic E-state index is 0.454. The largest absolute Gasteiger partial charge is 0.496 e. The average Bonchev–Trinajstić information content (AvgIpc) is 2.72. The third kappa shape index (κ3) is 2.54. The number of rotatable bonds is 2. The fraction of sp³-hybridized carbons (Fsp3) is 0.0870. The van der Waals surface area contributed by atoms with Gasteiger partial charge in [0.25, 0.3) is 0 Å². The van der Waals surface area contributed by atoms with Crippen molar-refractivity contribution in [1.29, 1.82) is 0 Å². The summed E-state index contributed by atoms with van der Waals surface area (Å²) in [6.45, 7) is 0.454. The van der Waals surface area contributed by atoms with E-state index in [2.05, 4.69) is 6.07 Å². The summed E-state index contributed by atoms with van der Waals surface area (Å²) in [6, 6.07) is 21.8. The highest BCUT2D eigenvalue weighted by Crippen LogP contribution is 2.45. The molecule has 2 heterocycles. The Labute approximate surface area is 162 Å². The van der Waals surface area contributed by atoms with Gasteiger partial charge in [-0.3, -0.25) is 0 Å². The van der Waals surface area contributed by atoms with Gasteiger partial charge in [0.05, 0.1) is 18.3 Å². The van der Waals surface area contributed by atoms with Crippen LogP contribution in [0.3, 0.4) is 0 Å². The van der Waals surface area contributed by atoms with Crippen LogP contribution in [-0.2, 0) is 6.61 Å². The Bertz CT molecular complexity index is 1190. The van der Waals surface area contributed by atoms with E-state index >= 15 is 0 Å². The lowest BCUT2D eigenvalue weighted by Crippen LogP contribution is -2.09. The Morgan fingerprint density at radius 1 is 0.963 bits per heavy atom.